The summed E-state index contributed by atoms with van der Waals surface area (Å²) in [6, 6.07) is 22.9. The first-order chi connectivity index (χ1) is 13.6. The van der Waals surface area contributed by atoms with E-state index >= 15 is 0 Å². The van der Waals surface area contributed by atoms with Gasteiger partial charge in [0.25, 0.3) is 0 Å². The largest absolute Gasteiger partial charge is 0.507 e. The molecule has 3 aromatic carbocycles. The van der Waals surface area contributed by atoms with Gasteiger partial charge < -0.3 is 5.11 Å². The second-order valence-electron chi connectivity index (χ2n) is 6.33. The Labute approximate surface area is 171 Å². The molecule has 138 valence electrons. The van der Waals surface area contributed by atoms with E-state index in [1.807, 2.05) is 61.5 Å². The van der Waals surface area contributed by atoms with E-state index < -0.39 is 0 Å². The molecule has 4 rings (SSSR count). The number of hydrogen-bond donors (Lipinski definition) is 1. The quantitative estimate of drug-likeness (QED) is 0.435. The Morgan fingerprint density at radius 1 is 0.964 bits per heavy atom. The standard InChI is InChI=1S/C22H17BrN4O/c1-15-6-8-16(9-7-15)21-22(24-14-17-4-2-3-5-20(17)28)27(26-25-21)19-12-10-18(23)11-13-19/h2-14,28H,1H3/b24-14+. The van der Waals surface area contributed by atoms with Crippen molar-refractivity contribution >= 4 is 28.0 Å². The monoisotopic (exact) mass is 432 g/mol. The lowest BCUT2D eigenvalue weighted by Gasteiger charge is -2.05. The van der Waals surface area contributed by atoms with Crippen LogP contribution in [0.4, 0.5) is 5.82 Å². The number of aromatic hydroxyl groups is 1. The van der Waals surface area contributed by atoms with Crippen molar-refractivity contribution in [2.24, 2.45) is 4.99 Å². The summed E-state index contributed by atoms with van der Waals surface area (Å²) < 4.78 is 2.67. The molecule has 1 N–H and O–H groups in total. The van der Waals surface area contributed by atoms with E-state index in [2.05, 4.69) is 31.2 Å². The van der Waals surface area contributed by atoms with Crippen LogP contribution in [0.1, 0.15) is 11.1 Å². The van der Waals surface area contributed by atoms with Crippen molar-refractivity contribution in [3.8, 4) is 22.7 Å². The summed E-state index contributed by atoms with van der Waals surface area (Å²) in [5.74, 6) is 0.764. The smallest absolute Gasteiger partial charge is 0.184 e. The summed E-state index contributed by atoms with van der Waals surface area (Å²) >= 11 is 3.45. The molecule has 0 atom stereocenters. The van der Waals surface area contributed by atoms with Crippen molar-refractivity contribution in [2.75, 3.05) is 0 Å². The number of rotatable bonds is 4. The lowest BCUT2D eigenvalue weighted by molar-refractivity contribution is 0.474. The summed E-state index contributed by atoms with van der Waals surface area (Å²) in [7, 11) is 0. The number of nitrogens with zero attached hydrogens (tertiary/aromatic N) is 4. The van der Waals surface area contributed by atoms with Crippen LogP contribution in [0.2, 0.25) is 0 Å². The van der Waals surface area contributed by atoms with Gasteiger partial charge in [0.1, 0.15) is 11.4 Å². The maximum absolute atomic E-state index is 10.0. The molecule has 0 aliphatic rings. The number of aliphatic imine (C=N–C) groups is 1. The zero-order valence-electron chi connectivity index (χ0n) is 15.1. The van der Waals surface area contributed by atoms with E-state index in [9.17, 15) is 5.11 Å². The fourth-order valence-electron chi connectivity index (χ4n) is 2.77. The Bertz CT molecular complexity index is 1070. The number of para-hydroxylation sites is 1. The van der Waals surface area contributed by atoms with Crippen LogP contribution < -0.4 is 0 Å². The minimum Gasteiger partial charge on any atom is -0.507 e. The van der Waals surface area contributed by atoms with Gasteiger partial charge in [-0.1, -0.05) is 63.1 Å². The molecule has 0 amide bonds. The van der Waals surface area contributed by atoms with Gasteiger partial charge in [0.15, 0.2) is 5.82 Å². The molecule has 0 radical (unpaired) electrons. The fraction of sp³-hybridized carbons (Fsp3) is 0.0455. The molecule has 1 aromatic heterocycles. The third-order valence-electron chi connectivity index (χ3n) is 4.31. The highest BCUT2D eigenvalue weighted by atomic mass is 79.9. The zero-order chi connectivity index (χ0) is 19.5. The molecule has 28 heavy (non-hydrogen) atoms. The van der Waals surface area contributed by atoms with Crippen LogP contribution in [0.3, 0.4) is 0 Å². The molecule has 0 saturated carbocycles. The molecular weight excluding hydrogens is 416 g/mol. The molecule has 0 bridgehead atoms. The lowest BCUT2D eigenvalue weighted by atomic mass is 10.1. The number of hydrogen-bond acceptors (Lipinski definition) is 4. The predicted molar refractivity (Wildman–Crippen MR) is 115 cm³/mol. The summed E-state index contributed by atoms with van der Waals surface area (Å²) in [5, 5.41) is 18.7. The number of phenols is 1. The Hall–Kier alpha value is -3.25. The van der Waals surface area contributed by atoms with E-state index in [0.717, 1.165) is 15.7 Å². The van der Waals surface area contributed by atoms with E-state index in [1.54, 1.807) is 29.1 Å². The molecule has 1 heterocycles. The molecule has 0 aliphatic carbocycles. The van der Waals surface area contributed by atoms with Gasteiger partial charge in [0.2, 0.25) is 0 Å². The van der Waals surface area contributed by atoms with Crippen LogP contribution in [0, 0.1) is 6.92 Å². The van der Waals surface area contributed by atoms with Gasteiger partial charge in [0, 0.05) is 21.8 Å². The molecule has 0 aliphatic heterocycles. The van der Waals surface area contributed by atoms with Gasteiger partial charge in [0.05, 0.1) is 5.69 Å². The highest BCUT2D eigenvalue weighted by Gasteiger charge is 2.15. The maximum Gasteiger partial charge on any atom is 0.184 e. The van der Waals surface area contributed by atoms with Crippen molar-refractivity contribution in [1.82, 2.24) is 15.0 Å². The minimum absolute atomic E-state index is 0.172. The number of aromatic nitrogens is 3. The molecule has 6 heteroatoms. The first-order valence-electron chi connectivity index (χ1n) is 8.72. The van der Waals surface area contributed by atoms with Gasteiger partial charge in [-0.15, -0.1) is 5.10 Å². The van der Waals surface area contributed by atoms with Gasteiger partial charge in [-0.3, -0.25) is 0 Å². The summed E-state index contributed by atoms with van der Waals surface area (Å²) in [6.07, 6.45) is 1.63. The second-order valence-corrected chi connectivity index (χ2v) is 7.25. The molecule has 4 aromatic rings. The summed E-state index contributed by atoms with van der Waals surface area (Å²) in [4.78, 5) is 4.64. The first-order valence-corrected chi connectivity index (χ1v) is 9.52. The normalized spacial score (nSPS) is 11.2. The van der Waals surface area contributed by atoms with Crippen LogP contribution in [0.15, 0.2) is 82.3 Å². The minimum atomic E-state index is 0.172. The molecule has 0 saturated heterocycles. The van der Waals surface area contributed by atoms with Gasteiger partial charge in [-0.25, -0.2) is 4.99 Å². The Morgan fingerprint density at radius 2 is 1.68 bits per heavy atom. The molecule has 0 fully saturated rings. The SMILES string of the molecule is Cc1ccc(-c2nnn(-c3ccc(Br)cc3)c2/N=C/c2ccccc2O)cc1. The topological polar surface area (TPSA) is 63.3 Å². The molecular formula is C22H17BrN4O. The van der Waals surface area contributed by atoms with Crippen LogP contribution in [0.25, 0.3) is 16.9 Å². The predicted octanol–water partition coefficient (Wildman–Crippen LogP) is 5.46. The average molecular weight is 433 g/mol. The number of halogens is 1. The highest BCUT2D eigenvalue weighted by molar-refractivity contribution is 9.10. The Balaban J connectivity index is 1.84. The van der Waals surface area contributed by atoms with E-state index in [1.165, 1.54) is 5.56 Å². The van der Waals surface area contributed by atoms with E-state index in [4.69, 9.17) is 0 Å². The van der Waals surface area contributed by atoms with Gasteiger partial charge in [-0.2, -0.15) is 4.68 Å². The van der Waals surface area contributed by atoms with Gasteiger partial charge >= 0.3 is 0 Å². The highest BCUT2D eigenvalue weighted by Crippen LogP contribution is 2.31. The number of aryl methyl sites for hydroxylation is 1. The zero-order valence-corrected chi connectivity index (χ0v) is 16.7. The van der Waals surface area contributed by atoms with Crippen molar-refractivity contribution in [1.29, 1.82) is 0 Å². The molecule has 0 spiro atoms. The van der Waals surface area contributed by atoms with Crippen LogP contribution in [-0.2, 0) is 0 Å². The number of benzene rings is 3. The van der Waals surface area contributed by atoms with E-state index in [0.29, 0.717) is 17.1 Å². The third-order valence-corrected chi connectivity index (χ3v) is 4.83. The maximum atomic E-state index is 10.0. The second kappa shape index (κ2) is 7.78. The summed E-state index contributed by atoms with van der Waals surface area (Å²) in [5.41, 5.74) is 4.25. The van der Waals surface area contributed by atoms with Crippen molar-refractivity contribution in [2.45, 2.75) is 6.92 Å². The van der Waals surface area contributed by atoms with Crippen LogP contribution in [0.5, 0.6) is 5.75 Å². The number of phenolic OH excluding ortho intramolecular Hbond substituents is 1. The molecule has 0 unspecified atom stereocenters. The Morgan fingerprint density at radius 3 is 2.39 bits per heavy atom. The summed E-state index contributed by atoms with van der Waals surface area (Å²) in [6.45, 7) is 2.04. The average Bonchev–Trinajstić information content (AvgIpc) is 3.12. The molecule has 5 nitrogen and oxygen atoms in total. The van der Waals surface area contributed by atoms with Crippen LogP contribution >= 0.6 is 15.9 Å². The third kappa shape index (κ3) is 3.73. The van der Waals surface area contributed by atoms with Gasteiger partial charge in [-0.05, 0) is 43.3 Å². The lowest BCUT2D eigenvalue weighted by Crippen LogP contribution is -1.96. The Kier molecular flexibility index (Phi) is 5.04. The van der Waals surface area contributed by atoms with Crippen molar-refractivity contribution in [3.63, 3.8) is 0 Å². The van der Waals surface area contributed by atoms with Crippen LogP contribution in [-0.4, -0.2) is 26.3 Å². The van der Waals surface area contributed by atoms with Crippen molar-refractivity contribution < 1.29 is 5.11 Å². The van der Waals surface area contributed by atoms with Crippen molar-refractivity contribution in [3.05, 3.63) is 88.4 Å². The first kappa shape index (κ1) is 18.1. The fourth-order valence-corrected chi connectivity index (χ4v) is 3.04. The van der Waals surface area contributed by atoms with E-state index in [-0.39, 0.29) is 5.75 Å².